The van der Waals surface area contributed by atoms with Crippen LogP contribution in [0.5, 0.6) is 11.5 Å². The molecule has 0 aromatic heterocycles. The summed E-state index contributed by atoms with van der Waals surface area (Å²) in [5.41, 5.74) is 0.720. The van der Waals surface area contributed by atoms with Gasteiger partial charge in [0.15, 0.2) is 11.5 Å². The SMILES string of the molecule is COc1cccc(CNC2CC3CCC2C3)c1OC(F)F. The van der Waals surface area contributed by atoms with Crippen molar-refractivity contribution in [3.05, 3.63) is 23.8 Å². The minimum Gasteiger partial charge on any atom is -0.493 e. The Morgan fingerprint density at radius 1 is 1.29 bits per heavy atom. The van der Waals surface area contributed by atoms with E-state index in [0.717, 1.165) is 17.4 Å². The third kappa shape index (κ3) is 3.12. The summed E-state index contributed by atoms with van der Waals surface area (Å²) in [5, 5.41) is 3.51. The predicted octanol–water partition coefficient (Wildman–Crippen LogP) is 3.57. The van der Waals surface area contributed by atoms with Crippen LogP contribution in [-0.4, -0.2) is 19.8 Å². The van der Waals surface area contributed by atoms with Crippen LogP contribution in [0.15, 0.2) is 18.2 Å². The second kappa shape index (κ2) is 6.18. The molecular weight excluding hydrogens is 276 g/mol. The number of hydrogen-bond acceptors (Lipinski definition) is 3. The highest BCUT2D eigenvalue weighted by molar-refractivity contribution is 5.46. The quantitative estimate of drug-likeness (QED) is 0.870. The smallest absolute Gasteiger partial charge is 0.387 e. The van der Waals surface area contributed by atoms with Crippen molar-refractivity contribution < 1.29 is 18.3 Å². The number of alkyl halides is 2. The first-order chi connectivity index (χ1) is 10.2. The normalized spacial score (nSPS) is 27.3. The average molecular weight is 297 g/mol. The average Bonchev–Trinajstić information content (AvgIpc) is 3.08. The zero-order chi connectivity index (χ0) is 14.8. The first kappa shape index (κ1) is 14.6. The highest BCUT2D eigenvalue weighted by Gasteiger charge is 2.39. The van der Waals surface area contributed by atoms with E-state index in [1.807, 2.05) is 0 Å². The molecule has 3 unspecified atom stereocenters. The summed E-state index contributed by atoms with van der Waals surface area (Å²) in [7, 11) is 1.46. The number of nitrogens with one attached hydrogen (secondary N) is 1. The van der Waals surface area contributed by atoms with Gasteiger partial charge in [0.25, 0.3) is 0 Å². The summed E-state index contributed by atoms with van der Waals surface area (Å²) in [5.74, 6) is 2.10. The van der Waals surface area contributed by atoms with Crippen LogP contribution in [0.4, 0.5) is 8.78 Å². The third-order valence-electron chi connectivity index (χ3n) is 4.78. The fraction of sp³-hybridized carbons (Fsp3) is 0.625. The van der Waals surface area contributed by atoms with Crippen molar-refractivity contribution in [3.63, 3.8) is 0 Å². The van der Waals surface area contributed by atoms with Crippen LogP contribution in [0.1, 0.15) is 31.2 Å². The molecule has 0 saturated heterocycles. The summed E-state index contributed by atoms with van der Waals surface area (Å²) in [6, 6.07) is 5.75. The lowest BCUT2D eigenvalue weighted by Crippen LogP contribution is -2.33. The van der Waals surface area contributed by atoms with E-state index in [2.05, 4.69) is 10.1 Å². The van der Waals surface area contributed by atoms with Crippen LogP contribution in [0.25, 0.3) is 0 Å². The summed E-state index contributed by atoms with van der Waals surface area (Å²) in [4.78, 5) is 0. The summed E-state index contributed by atoms with van der Waals surface area (Å²) in [6.07, 6.45) is 5.17. The molecule has 2 aliphatic carbocycles. The van der Waals surface area contributed by atoms with Crippen molar-refractivity contribution in [2.45, 2.75) is 44.9 Å². The van der Waals surface area contributed by atoms with Gasteiger partial charge >= 0.3 is 6.61 Å². The molecule has 0 amide bonds. The van der Waals surface area contributed by atoms with Gasteiger partial charge in [-0.25, -0.2) is 0 Å². The molecule has 2 saturated carbocycles. The molecular formula is C16H21F2NO2. The number of benzene rings is 1. The molecule has 0 spiro atoms. The number of fused-ring (bicyclic) bond motifs is 2. The van der Waals surface area contributed by atoms with E-state index in [-0.39, 0.29) is 5.75 Å². The summed E-state index contributed by atoms with van der Waals surface area (Å²) in [6.45, 7) is -2.31. The Balaban J connectivity index is 1.69. The van der Waals surface area contributed by atoms with Crippen molar-refractivity contribution in [1.29, 1.82) is 0 Å². The van der Waals surface area contributed by atoms with Gasteiger partial charge in [0.1, 0.15) is 0 Å². The van der Waals surface area contributed by atoms with Crippen molar-refractivity contribution in [2.75, 3.05) is 7.11 Å². The van der Waals surface area contributed by atoms with Crippen LogP contribution < -0.4 is 14.8 Å². The van der Waals surface area contributed by atoms with Crippen LogP contribution >= 0.6 is 0 Å². The Bertz CT molecular complexity index is 495. The molecule has 1 N–H and O–H groups in total. The number of methoxy groups -OCH3 is 1. The lowest BCUT2D eigenvalue weighted by atomic mass is 9.95. The van der Waals surface area contributed by atoms with Gasteiger partial charge in [0, 0.05) is 18.2 Å². The van der Waals surface area contributed by atoms with Gasteiger partial charge in [0.05, 0.1) is 7.11 Å². The van der Waals surface area contributed by atoms with E-state index < -0.39 is 6.61 Å². The Morgan fingerprint density at radius 2 is 2.14 bits per heavy atom. The number of rotatable bonds is 6. The lowest BCUT2D eigenvalue weighted by Gasteiger charge is -2.24. The minimum absolute atomic E-state index is 0.144. The number of hydrogen-bond donors (Lipinski definition) is 1. The summed E-state index contributed by atoms with van der Waals surface area (Å²) < 4.78 is 34.9. The van der Waals surface area contributed by atoms with Gasteiger partial charge in [-0.05, 0) is 37.2 Å². The highest BCUT2D eigenvalue weighted by atomic mass is 19.3. The van der Waals surface area contributed by atoms with E-state index in [1.54, 1.807) is 18.2 Å². The van der Waals surface area contributed by atoms with Gasteiger partial charge in [-0.3, -0.25) is 0 Å². The zero-order valence-electron chi connectivity index (χ0n) is 12.1. The molecule has 2 aliphatic rings. The van der Waals surface area contributed by atoms with Crippen LogP contribution in [0.3, 0.4) is 0 Å². The Kier molecular flexibility index (Phi) is 4.29. The van der Waals surface area contributed by atoms with E-state index in [9.17, 15) is 8.78 Å². The maximum absolute atomic E-state index is 12.6. The number of ether oxygens (including phenoxy) is 2. The van der Waals surface area contributed by atoms with Crippen molar-refractivity contribution in [1.82, 2.24) is 5.32 Å². The molecule has 116 valence electrons. The monoisotopic (exact) mass is 297 g/mol. The molecule has 2 bridgehead atoms. The van der Waals surface area contributed by atoms with Gasteiger partial charge in [-0.15, -0.1) is 0 Å². The summed E-state index contributed by atoms with van der Waals surface area (Å²) >= 11 is 0. The first-order valence-electron chi connectivity index (χ1n) is 7.51. The Morgan fingerprint density at radius 3 is 2.76 bits per heavy atom. The van der Waals surface area contributed by atoms with Gasteiger partial charge in [-0.2, -0.15) is 8.78 Å². The fourth-order valence-electron chi connectivity index (χ4n) is 3.82. The second-order valence-corrected chi connectivity index (χ2v) is 5.99. The molecule has 3 rings (SSSR count). The topological polar surface area (TPSA) is 30.5 Å². The van der Waals surface area contributed by atoms with Crippen molar-refractivity contribution in [3.8, 4) is 11.5 Å². The highest BCUT2D eigenvalue weighted by Crippen LogP contribution is 2.44. The zero-order valence-corrected chi connectivity index (χ0v) is 12.1. The molecule has 0 heterocycles. The van der Waals surface area contributed by atoms with Crippen molar-refractivity contribution in [2.24, 2.45) is 11.8 Å². The Labute approximate surface area is 123 Å². The third-order valence-corrected chi connectivity index (χ3v) is 4.78. The molecule has 21 heavy (non-hydrogen) atoms. The molecule has 1 aromatic rings. The molecule has 2 fully saturated rings. The first-order valence-corrected chi connectivity index (χ1v) is 7.51. The Hall–Kier alpha value is -1.36. The van der Waals surface area contributed by atoms with Crippen LogP contribution in [0.2, 0.25) is 0 Å². The second-order valence-electron chi connectivity index (χ2n) is 5.99. The molecule has 1 aromatic carbocycles. The lowest BCUT2D eigenvalue weighted by molar-refractivity contribution is -0.0519. The maximum Gasteiger partial charge on any atom is 0.387 e. The van der Waals surface area contributed by atoms with E-state index in [0.29, 0.717) is 18.3 Å². The van der Waals surface area contributed by atoms with E-state index in [4.69, 9.17) is 4.74 Å². The van der Waals surface area contributed by atoms with Crippen molar-refractivity contribution >= 4 is 0 Å². The van der Waals surface area contributed by atoms with Crippen LogP contribution in [0, 0.1) is 11.8 Å². The standard InChI is InChI=1S/C16H21F2NO2/c1-20-14-4-2-3-12(15(14)21-16(17)18)9-19-13-8-10-5-6-11(13)7-10/h2-4,10-11,13,16,19H,5-9H2,1H3. The van der Waals surface area contributed by atoms with E-state index >= 15 is 0 Å². The largest absolute Gasteiger partial charge is 0.493 e. The van der Waals surface area contributed by atoms with E-state index in [1.165, 1.54) is 32.8 Å². The minimum atomic E-state index is -2.84. The number of para-hydroxylation sites is 1. The van der Waals surface area contributed by atoms with Gasteiger partial charge in [-0.1, -0.05) is 18.6 Å². The van der Waals surface area contributed by atoms with Crippen LogP contribution in [-0.2, 0) is 6.54 Å². The predicted molar refractivity (Wildman–Crippen MR) is 75.7 cm³/mol. The maximum atomic E-state index is 12.6. The number of halogens is 2. The van der Waals surface area contributed by atoms with Gasteiger partial charge in [0.2, 0.25) is 0 Å². The molecule has 0 aliphatic heterocycles. The fourth-order valence-corrected chi connectivity index (χ4v) is 3.82. The molecule has 3 atom stereocenters. The molecule has 3 nitrogen and oxygen atoms in total. The molecule has 0 radical (unpaired) electrons. The molecule has 5 heteroatoms. The van der Waals surface area contributed by atoms with Gasteiger partial charge < -0.3 is 14.8 Å².